The number of nitrogens with one attached hydrogen (secondary N) is 1. The van der Waals surface area contributed by atoms with E-state index in [2.05, 4.69) is 5.32 Å². The van der Waals surface area contributed by atoms with E-state index >= 15 is 0 Å². The van der Waals surface area contributed by atoms with Gasteiger partial charge in [0, 0.05) is 13.3 Å². The quantitative estimate of drug-likeness (QED) is 0.0746. The Hall–Kier alpha value is -3.17. The summed E-state index contributed by atoms with van der Waals surface area (Å²) >= 11 is 0. The van der Waals surface area contributed by atoms with Gasteiger partial charge in [-0.3, -0.25) is 9.59 Å². The number of hydrogen-bond acceptors (Lipinski definition) is 20. The van der Waals surface area contributed by atoms with Crippen molar-refractivity contribution >= 4 is 17.8 Å². The number of para-hydroxylation sites is 1. The molecule has 3 aliphatic heterocycles. The average Bonchev–Trinajstić information content (AvgIpc) is 3.22. The van der Waals surface area contributed by atoms with Crippen LogP contribution in [0.1, 0.15) is 40.0 Å². The second kappa shape index (κ2) is 20.3. The highest BCUT2D eigenvalue weighted by Crippen LogP contribution is 2.41. The number of carboxylic acids is 1. The highest BCUT2D eigenvalue weighted by molar-refractivity contribution is 5.76. The second-order valence-electron chi connectivity index (χ2n) is 15.7. The number of hydrogen-bond donors (Lipinski definition) is 11. The van der Waals surface area contributed by atoms with Gasteiger partial charge in [-0.05, 0) is 37.8 Å². The molecule has 60 heavy (non-hydrogen) atoms. The Balaban J connectivity index is 1.56. The van der Waals surface area contributed by atoms with E-state index in [-0.39, 0.29) is 18.6 Å². The van der Waals surface area contributed by atoms with Crippen LogP contribution in [0, 0.1) is 11.8 Å². The van der Waals surface area contributed by atoms with Crippen molar-refractivity contribution in [1.29, 1.82) is 0 Å². The largest absolute Gasteiger partial charge is 0.482 e. The first-order chi connectivity index (χ1) is 28.4. The Morgan fingerprint density at radius 1 is 0.883 bits per heavy atom. The van der Waals surface area contributed by atoms with Crippen molar-refractivity contribution in [1.82, 2.24) is 5.32 Å². The highest BCUT2D eigenvalue weighted by atomic mass is 16.8. The van der Waals surface area contributed by atoms with E-state index in [1.807, 2.05) is 0 Å². The Morgan fingerprint density at radius 3 is 2.17 bits per heavy atom. The lowest BCUT2D eigenvalue weighted by atomic mass is 9.78. The number of methoxy groups -OCH3 is 1. The molecule has 1 aliphatic carbocycles. The van der Waals surface area contributed by atoms with Crippen LogP contribution >= 0.6 is 0 Å². The van der Waals surface area contributed by atoms with Gasteiger partial charge < -0.3 is 94.3 Å². The minimum Gasteiger partial charge on any atom is -0.482 e. The molecule has 1 aromatic rings. The summed E-state index contributed by atoms with van der Waals surface area (Å²) in [5.41, 5.74) is 0. The van der Waals surface area contributed by atoms with Gasteiger partial charge in [0.2, 0.25) is 5.91 Å². The lowest BCUT2D eigenvalue weighted by Gasteiger charge is -2.51. The van der Waals surface area contributed by atoms with E-state index in [0.717, 1.165) is 6.92 Å². The summed E-state index contributed by atoms with van der Waals surface area (Å²) in [6, 6.07) is 6.29. The standard InChI is InChI=1S/C38H57NO21/c1-15-10-18(34(50)53-4)11-22(30(15)58-35-29(49)28(48)25(45)16(2)54-35)56-36-33(55-19-8-6-5-7-9-19)32(27(47)23(14-41)57-36)60-38(37(51)52)12-20(43)24(39-17(3)42)31(59-38)26(46)21(44)13-40/h5-9,15-16,18,20-33,35-36,40-41,43-49H,10-14H2,1-4H3,(H,39,42)(H,51,52)/t15?,16?,18?,20?,21-,22?,23?,24?,25?,26-,27?,28?,29?,30?,31?,32?,33?,35?,36?,38?/m1/s1. The molecule has 0 aromatic heterocycles. The smallest absolute Gasteiger partial charge is 0.364 e. The lowest BCUT2D eigenvalue weighted by Crippen LogP contribution is -2.71. The van der Waals surface area contributed by atoms with Gasteiger partial charge in [0.05, 0.1) is 56.7 Å². The molecule has 1 saturated carbocycles. The van der Waals surface area contributed by atoms with Gasteiger partial charge in [-0.15, -0.1) is 0 Å². The Bertz CT molecular complexity index is 1580. The summed E-state index contributed by atoms with van der Waals surface area (Å²) in [4.78, 5) is 38.3. The topological polar surface area (TPSA) is 339 Å². The second-order valence-corrected chi connectivity index (χ2v) is 15.7. The Morgan fingerprint density at radius 2 is 1.57 bits per heavy atom. The first-order valence-electron chi connectivity index (χ1n) is 19.6. The van der Waals surface area contributed by atoms with E-state index in [4.69, 9.17) is 37.9 Å². The van der Waals surface area contributed by atoms with Gasteiger partial charge >= 0.3 is 11.9 Å². The number of rotatable bonds is 15. The van der Waals surface area contributed by atoms with E-state index in [9.17, 15) is 65.4 Å². The van der Waals surface area contributed by atoms with Crippen molar-refractivity contribution in [2.24, 2.45) is 11.8 Å². The molecule has 22 heteroatoms. The molecule has 1 aromatic carbocycles. The number of ether oxygens (including phenoxy) is 8. The average molecular weight is 864 g/mol. The van der Waals surface area contributed by atoms with Crippen LogP contribution in [0.2, 0.25) is 0 Å². The van der Waals surface area contributed by atoms with Gasteiger partial charge in [0.25, 0.3) is 5.79 Å². The summed E-state index contributed by atoms with van der Waals surface area (Å²) < 4.78 is 47.8. The van der Waals surface area contributed by atoms with Crippen molar-refractivity contribution in [3.05, 3.63) is 30.3 Å². The zero-order valence-corrected chi connectivity index (χ0v) is 33.4. The Labute approximate surface area is 344 Å². The molecule has 1 amide bonds. The zero-order chi connectivity index (χ0) is 44.2. The molecule has 0 bridgehead atoms. The number of aliphatic hydroxyl groups excluding tert-OH is 9. The van der Waals surface area contributed by atoms with E-state index in [1.54, 1.807) is 25.1 Å². The molecule has 0 radical (unpaired) electrons. The molecule has 18 unspecified atom stereocenters. The van der Waals surface area contributed by atoms with Gasteiger partial charge in [0.15, 0.2) is 18.7 Å². The number of amides is 1. The van der Waals surface area contributed by atoms with E-state index in [0.29, 0.717) is 0 Å². The molecular formula is C38H57NO21. The van der Waals surface area contributed by atoms with Crippen LogP contribution in [0.3, 0.4) is 0 Å². The number of benzene rings is 1. The third-order valence-electron chi connectivity index (χ3n) is 11.4. The van der Waals surface area contributed by atoms with Crippen LogP contribution in [0.5, 0.6) is 5.75 Å². The number of aliphatic carboxylic acids is 1. The van der Waals surface area contributed by atoms with E-state index in [1.165, 1.54) is 26.2 Å². The van der Waals surface area contributed by atoms with Crippen LogP contribution < -0.4 is 10.1 Å². The first kappa shape index (κ1) is 47.9. The minimum absolute atomic E-state index is 0.111. The molecule has 20 atom stereocenters. The summed E-state index contributed by atoms with van der Waals surface area (Å²) in [5, 5.41) is 109. The summed E-state index contributed by atoms with van der Waals surface area (Å²) in [6.07, 6.45) is -27.2. The summed E-state index contributed by atoms with van der Waals surface area (Å²) in [7, 11) is 1.20. The predicted octanol–water partition coefficient (Wildman–Crippen LogP) is -4.14. The lowest BCUT2D eigenvalue weighted by molar-refractivity contribution is -0.376. The molecule has 4 aliphatic rings. The van der Waals surface area contributed by atoms with Crippen molar-refractivity contribution in [2.75, 3.05) is 20.3 Å². The molecule has 5 rings (SSSR count). The minimum atomic E-state index is -3.00. The van der Waals surface area contributed by atoms with Crippen LogP contribution in [0.15, 0.2) is 30.3 Å². The maximum Gasteiger partial charge on any atom is 0.364 e. The van der Waals surface area contributed by atoms with Crippen LogP contribution in [0.25, 0.3) is 0 Å². The molecule has 11 N–H and O–H groups in total. The summed E-state index contributed by atoms with van der Waals surface area (Å²) in [6.45, 7) is 2.29. The fourth-order valence-electron chi connectivity index (χ4n) is 8.16. The fourth-order valence-corrected chi connectivity index (χ4v) is 8.16. The molecule has 340 valence electrons. The van der Waals surface area contributed by atoms with Gasteiger partial charge in [-0.25, -0.2) is 4.79 Å². The first-order valence-corrected chi connectivity index (χ1v) is 19.6. The molecular weight excluding hydrogens is 806 g/mol. The number of esters is 1. The third kappa shape index (κ3) is 10.4. The molecule has 3 saturated heterocycles. The molecule has 4 fully saturated rings. The van der Waals surface area contributed by atoms with Crippen molar-refractivity contribution in [3.8, 4) is 5.75 Å². The predicted molar refractivity (Wildman–Crippen MR) is 196 cm³/mol. The highest BCUT2D eigenvalue weighted by Gasteiger charge is 2.61. The van der Waals surface area contributed by atoms with Crippen molar-refractivity contribution < 1.29 is 103 Å². The van der Waals surface area contributed by atoms with E-state index < -0.39 is 159 Å². The maximum atomic E-state index is 13.2. The maximum absolute atomic E-state index is 13.2. The van der Waals surface area contributed by atoms with Gasteiger partial charge in [0.1, 0.15) is 60.7 Å². The fraction of sp³-hybridized carbons (Fsp3) is 0.763. The molecule has 22 nitrogen and oxygen atoms in total. The molecule has 3 heterocycles. The number of carbonyl (C=O) groups is 3. The zero-order valence-electron chi connectivity index (χ0n) is 33.4. The van der Waals surface area contributed by atoms with Crippen molar-refractivity contribution in [3.63, 3.8) is 0 Å². The van der Waals surface area contributed by atoms with Crippen LogP contribution in [-0.2, 0) is 47.5 Å². The Kier molecular flexibility index (Phi) is 16.2. The van der Waals surface area contributed by atoms with Crippen LogP contribution in [-0.4, -0.2) is 199 Å². The van der Waals surface area contributed by atoms with Crippen molar-refractivity contribution in [2.45, 2.75) is 150 Å². The number of carboxylic acid groups (broad SMARTS) is 1. The van der Waals surface area contributed by atoms with Gasteiger partial charge in [-0.1, -0.05) is 25.1 Å². The monoisotopic (exact) mass is 863 g/mol. The molecule has 0 spiro atoms. The van der Waals surface area contributed by atoms with Gasteiger partial charge in [-0.2, -0.15) is 0 Å². The normalized spacial score (nSPS) is 42.0. The summed E-state index contributed by atoms with van der Waals surface area (Å²) in [5.74, 6) is -7.48. The van der Waals surface area contributed by atoms with Crippen LogP contribution in [0.4, 0.5) is 0 Å². The number of carbonyl (C=O) groups excluding carboxylic acids is 2. The number of aliphatic hydroxyl groups is 9. The SMILES string of the molecule is COC(=O)C1CC(C)C(OC2OC(C)C(O)C(O)C2O)C(OC2OC(CO)C(O)C(OC3(C(=O)O)CC(O)C(NC(C)=O)C([C@H](O)[C@H](O)CO)O3)C2Oc2ccccc2)C1. The third-order valence-corrected chi connectivity index (χ3v) is 11.4.